The van der Waals surface area contributed by atoms with Crippen LogP contribution in [0, 0.1) is 11.8 Å². The summed E-state index contributed by atoms with van der Waals surface area (Å²) in [7, 11) is 0. The van der Waals surface area contributed by atoms with Crippen LogP contribution in [0.5, 0.6) is 0 Å². The van der Waals surface area contributed by atoms with Crippen LogP contribution in [0.4, 0.5) is 0 Å². The third-order valence-corrected chi connectivity index (χ3v) is 3.30. The topological polar surface area (TPSA) is 17.1 Å². The molecule has 0 saturated carbocycles. The van der Waals surface area contributed by atoms with Gasteiger partial charge in [-0.2, -0.15) is 0 Å². The Morgan fingerprint density at radius 1 is 1.40 bits per heavy atom. The van der Waals surface area contributed by atoms with Gasteiger partial charge in [0.25, 0.3) is 0 Å². The normalized spacial score (nSPS) is 22.5. The Morgan fingerprint density at radius 3 is 2.53 bits per heavy atom. The molecule has 0 heterocycles. The van der Waals surface area contributed by atoms with Gasteiger partial charge in [0.2, 0.25) is 0 Å². The monoisotopic (exact) mass is 206 g/mol. The fourth-order valence-electron chi connectivity index (χ4n) is 2.30. The van der Waals surface area contributed by atoms with Crippen molar-refractivity contribution >= 4 is 5.78 Å². The highest BCUT2D eigenvalue weighted by atomic mass is 16.1. The van der Waals surface area contributed by atoms with Crippen LogP contribution in [-0.4, -0.2) is 5.78 Å². The summed E-state index contributed by atoms with van der Waals surface area (Å²) in [6, 6.07) is 0. The van der Waals surface area contributed by atoms with E-state index in [0.29, 0.717) is 17.6 Å². The van der Waals surface area contributed by atoms with Crippen LogP contribution in [0.3, 0.4) is 0 Å². The van der Waals surface area contributed by atoms with E-state index in [-0.39, 0.29) is 0 Å². The molecule has 0 amide bonds. The molecule has 0 aliphatic heterocycles. The second-order valence-corrected chi connectivity index (χ2v) is 4.72. The van der Waals surface area contributed by atoms with Gasteiger partial charge in [-0.15, -0.1) is 0 Å². The average Bonchev–Trinajstić information content (AvgIpc) is 2.45. The molecule has 0 N–H and O–H groups in total. The van der Waals surface area contributed by atoms with E-state index < -0.39 is 0 Å². The van der Waals surface area contributed by atoms with Crippen molar-refractivity contribution in [2.75, 3.05) is 0 Å². The lowest BCUT2D eigenvalue weighted by Crippen LogP contribution is -2.07. The minimum Gasteiger partial charge on any atom is -0.295 e. The number of carbonyl (C=O) groups is 1. The van der Waals surface area contributed by atoms with Gasteiger partial charge in [0.05, 0.1) is 0 Å². The van der Waals surface area contributed by atoms with Gasteiger partial charge in [0.1, 0.15) is 0 Å². The zero-order valence-corrected chi connectivity index (χ0v) is 10.3. The van der Waals surface area contributed by atoms with E-state index in [4.69, 9.17) is 0 Å². The number of hydrogen-bond acceptors (Lipinski definition) is 1. The highest BCUT2D eigenvalue weighted by Crippen LogP contribution is 2.35. The summed E-state index contributed by atoms with van der Waals surface area (Å²) in [5, 5.41) is 0. The number of ketones is 1. The van der Waals surface area contributed by atoms with Crippen molar-refractivity contribution < 1.29 is 4.79 Å². The largest absolute Gasteiger partial charge is 0.295 e. The van der Waals surface area contributed by atoms with Gasteiger partial charge in [-0.1, -0.05) is 38.5 Å². The zero-order chi connectivity index (χ0) is 11.4. The Bertz CT molecular complexity index is 294. The van der Waals surface area contributed by atoms with Gasteiger partial charge in [-0.3, -0.25) is 4.79 Å². The fraction of sp³-hybridized carbons (Fsp3) is 0.643. The molecule has 0 aromatic heterocycles. The highest BCUT2D eigenvalue weighted by molar-refractivity contribution is 5.99. The quantitative estimate of drug-likeness (QED) is 0.637. The van der Waals surface area contributed by atoms with E-state index in [0.717, 1.165) is 24.8 Å². The van der Waals surface area contributed by atoms with E-state index in [9.17, 15) is 4.79 Å². The van der Waals surface area contributed by atoms with Crippen LogP contribution in [0.1, 0.15) is 47.0 Å². The van der Waals surface area contributed by atoms with Crippen molar-refractivity contribution in [1.29, 1.82) is 0 Å². The molecule has 0 bridgehead atoms. The van der Waals surface area contributed by atoms with E-state index in [1.807, 2.05) is 0 Å². The fourth-order valence-corrected chi connectivity index (χ4v) is 2.30. The number of rotatable bonds is 4. The van der Waals surface area contributed by atoms with Gasteiger partial charge in [-0.25, -0.2) is 0 Å². The van der Waals surface area contributed by atoms with Gasteiger partial charge in [0, 0.05) is 6.42 Å². The molecule has 0 fully saturated rings. The molecule has 0 aromatic carbocycles. The van der Waals surface area contributed by atoms with Crippen LogP contribution in [0.25, 0.3) is 0 Å². The maximum absolute atomic E-state index is 11.8. The Kier molecular flexibility index (Phi) is 4.31. The molecule has 0 saturated heterocycles. The number of allylic oxidation sites excluding steroid dienone is 4. The second kappa shape index (κ2) is 5.29. The molecule has 1 rings (SSSR count). The summed E-state index contributed by atoms with van der Waals surface area (Å²) in [5.41, 5.74) is 2.40. The Hall–Kier alpha value is -0.850. The van der Waals surface area contributed by atoms with E-state index in [1.54, 1.807) is 0 Å². The molecule has 15 heavy (non-hydrogen) atoms. The summed E-state index contributed by atoms with van der Waals surface area (Å²) in [6.45, 7) is 8.65. The molecule has 0 aromatic rings. The van der Waals surface area contributed by atoms with Crippen LogP contribution < -0.4 is 0 Å². The summed E-state index contributed by atoms with van der Waals surface area (Å²) in [4.78, 5) is 11.8. The van der Waals surface area contributed by atoms with Crippen LogP contribution in [0.2, 0.25) is 0 Å². The average molecular weight is 206 g/mol. The molecule has 1 unspecified atom stereocenters. The van der Waals surface area contributed by atoms with Gasteiger partial charge in [-0.05, 0) is 37.2 Å². The van der Waals surface area contributed by atoms with Crippen molar-refractivity contribution in [3.8, 4) is 0 Å². The summed E-state index contributed by atoms with van der Waals surface area (Å²) >= 11 is 0. The summed E-state index contributed by atoms with van der Waals surface area (Å²) in [6.07, 6.45) is 6.88. The van der Waals surface area contributed by atoms with Gasteiger partial charge in [0.15, 0.2) is 5.78 Å². The van der Waals surface area contributed by atoms with Gasteiger partial charge < -0.3 is 0 Å². The highest BCUT2D eigenvalue weighted by Gasteiger charge is 2.30. The number of hydrogen-bond donors (Lipinski definition) is 0. The molecule has 0 spiro atoms. The van der Waals surface area contributed by atoms with E-state index in [2.05, 4.69) is 39.8 Å². The van der Waals surface area contributed by atoms with E-state index in [1.165, 1.54) is 5.57 Å². The van der Waals surface area contributed by atoms with E-state index >= 15 is 0 Å². The smallest absolute Gasteiger partial charge is 0.159 e. The minimum absolute atomic E-state index is 0.368. The molecule has 0 radical (unpaired) electrons. The predicted molar refractivity (Wildman–Crippen MR) is 64.7 cm³/mol. The van der Waals surface area contributed by atoms with Crippen LogP contribution in [-0.2, 0) is 4.79 Å². The number of carbonyl (C=O) groups excluding carboxylic acids is 1. The number of Topliss-reactive ketones (excluding diaryl/α,β-unsaturated/α-hetero) is 1. The van der Waals surface area contributed by atoms with Crippen molar-refractivity contribution in [3.05, 3.63) is 23.3 Å². The first-order chi connectivity index (χ1) is 7.07. The molecule has 1 nitrogen and oxygen atoms in total. The Labute approximate surface area is 93.3 Å². The first-order valence-corrected chi connectivity index (χ1v) is 5.95. The molecule has 1 aliphatic carbocycles. The lowest BCUT2D eigenvalue weighted by molar-refractivity contribution is -0.115. The summed E-state index contributed by atoms with van der Waals surface area (Å²) in [5.74, 6) is 1.44. The molecule has 1 heteroatoms. The standard InChI is InChI=1S/C14H22O/c1-5-6-7-8-12-11(4)13(10(2)3)9-14(12)15/h6-7,10,13H,5,8-9H2,1-4H3/b7-6-. The SMILES string of the molecule is CC/C=C\CC1=C(C)C(C(C)C)CC1=O. The lowest BCUT2D eigenvalue weighted by Gasteiger charge is -2.14. The van der Waals surface area contributed by atoms with Gasteiger partial charge >= 0.3 is 0 Å². The molecule has 1 atom stereocenters. The third-order valence-electron chi connectivity index (χ3n) is 3.30. The Morgan fingerprint density at radius 2 is 2.07 bits per heavy atom. The molecule has 84 valence electrons. The minimum atomic E-state index is 0.368. The third kappa shape index (κ3) is 2.80. The van der Waals surface area contributed by atoms with Crippen molar-refractivity contribution in [1.82, 2.24) is 0 Å². The van der Waals surface area contributed by atoms with Crippen molar-refractivity contribution in [3.63, 3.8) is 0 Å². The zero-order valence-electron chi connectivity index (χ0n) is 10.3. The van der Waals surface area contributed by atoms with Crippen LogP contribution >= 0.6 is 0 Å². The van der Waals surface area contributed by atoms with Crippen molar-refractivity contribution in [2.24, 2.45) is 11.8 Å². The second-order valence-electron chi connectivity index (χ2n) is 4.72. The maximum Gasteiger partial charge on any atom is 0.159 e. The predicted octanol–water partition coefficient (Wildman–Crippen LogP) is 3.90. The maximum atomic E-state index is 11.8. The Balaban J connectivity index is 2.76. The van der Waals surface area contributed by atoms with Crippen LogP contribution in [0.15, 0.2) is 23.3 Å². The summed E-state index contributed by atoms with van der Waals surface area (Å²) < 4.78 is 0. The molecular formula is C14H22O. The molecular weight excluding hydrogens is 184 g/mol. The molecule has 1 aliphatic rings. The first-order valence-electron chi connectivity index (χ1n) is 5.95. The van der Waals surface area contributed by atoms with Crippen molar-refractivity contribution in [2.45, 2.75) is 47.0 Å². The lowest BCUT2D eigenvalue weighted by atomic mass is 9.90. The first kappa shape index (κ1) is 12.2.